The fourth-order valence-corrected chi connectivity index (χ4v) is 1.55. The average Bonchev–Trinajstić information content (AvgIpc) is 2.86. The highest BCUT2D eigenvalue weighted by Gasteiger charge is 2.19. The molecule has 2 aromatic rings. The molecule has 1 heterocycles. The summed E-state index contributed by atoms with van der Waals surface area (Å²) in [6.45, 7) is 1.61. The number of rotatable bonds is 3. The molecule has 0 aliphatic carbocycles. The van der Waals surface area contributed by atoms with Gasteiger partial charge in [0, 0.05) is 11.6 Å². The van der Waals surface area contributed by atoms with Crippen molar-refractivity contribution >= 4 is 5.97 Å². The number of ether oxygens (including phenoxy) is 2. The molecule has 0 saturated heterocycles. The zero-order valence-corrected chi connectivity index (χ0v) is 9.97. The third-order valence-electron chi connectivity index (χ3n) is 2.49. The molecule has 94 valence electrons. The summed E-state index contributed by atoms with van der Waals surface area (Å²) < 4.78 is 15.1. The highest BCUT2D eigenvalue weighted by molar-refractivity contribution is 5.95. The second-order valence-corrected chi connectivity index (χ2v) is 3.61. The molecule has 1 aromatic carbocycles. The van der Waals surface area contributed by atoms with E-state index >= 15 is 0 Å². The minimum Gasteiger partial charge on any atom is -0.508 e. The minimum atomic E-state index is -0.579. The molecule has 0 fully saturated rings. The van der Waals surface area contributed by atoms with Gasteiger partial charge in [-0.15, -0.1) is 0 Å². The van der Waals surface area contributed by atoms with Gasteiger partial charge in [0.15, 0.2) is 0 Å². The normalized spacial score (nSPS) is 10.1. The Morgan fingerprint density at radius 1 is 1.33 bits per heavy atom. The maximum atomic E-state index is 11.7. The first-order chi connectivity index (χ1) is 8.63. The summed E-state index contributed by atoms with van der Waals surface area (Å²) in [7, 11) is 1.27. The quantitative estimate of drug-likeness (QED) is 0.846. The van der Waals surface area contributed by atoms with E-state index in [0.29, 0.717) is 5.56 Å². The van der Waals surface area contributed by atoms with E-state index in [1.807, 2.05) is 0 Å². The summed E-state index contributed by atoms with van der Waals surface area (Å²) in [5.74, 6) is -0.0514. The van der Waals surface area contributed by atoms with E-state index in [0.717, 1.165) is 0 Å². The average molecular weight is 248 g/mol. The Morgan fingerprint density at radius 3 is 2.72 bits per heavy atom. The highest BCUT2D eigenvalue weighted by atomic mass is 16.6. The summed E-state index contributed by atoms with van der Waals surface area (Å²) in [5, 5.41) is 9.61. The summed E-state index contributed by atoms with van der Waals surface area (Å²) in [5.41, 5.74) is 0.569. The molecule has 0 radical (unpaired) electrons. The Bertz CT molecular complexity index is 557. The Morgan fingerprint density at radius 2 is 2.11 bits per heavy atom. The van der Waals surface area contributed by atoms with Crippen LogP contribution in [0, 0.1) is 6.92 Å². The lowest BCUT2D eigenvalue weighted by Gasteiger charge is -2.11. The van der Waals surface area contributed by atoms with Crippen LogP contribution in [0.1, 0.15) is 15.9 Å². The van der Waals surface area contributed by atoms with Gasteiger partial charge in [-0.1, -0.05) is 0 Å². The van der Waals surface area contributed by atoms with Crippen molar-refractivity contribution in [3.8, 4) is 17.4 Å². The molecule has 2 rings (SSSR count). The number of benzene rings is 1. The fourth-order valence-electron chi connectivity index (χ4n) is 1.55. The summed E-state index contributed by atoms with van der Waals surface area (Å²) >= 11 is 0. The van der Waals surface area contributed by atoms with Crippen molar-refractivity contribution in [3.05, 3.63) is 41.7 Å². The van der Waals surface area contributed by atoms with Gasteiger partial charge in [0.05, 0.1) is 13.4 Å². The smallest absolute Gasteiger partial charge is 0.342 e. The number of esters is 1. The van der Waals surface area contributed by atoms with Crippen LogP contribution in [0.2, 0.25) is 0 Å². The van der Waals surface area contributed by atoms with E-state index in [2.05, 4.69) is 4.74 Å². The fraction of sp³-hybridized carbons (Fsp3) is 0.154. The number of furan rings is 1. The maximum absolute atomic E-state index is 11.7. The lowest BCUT2D eigenvalue weighted by molar-refractivity contribution is 0.0596. The standard InChI is InChI=1S/C13H12O5/c1-8-9(14)5-6-10(12(8)13(15)16-2)18-11-4-3-7-17-11/h3-7,14H,1-2H3. The molecule has 1 N–H and O–H groups in total. The van der Waals surface area contributed by atoms with Gasteiger partial charge in [0.2, 0.25) is 0 Å². The molecule has 0 saturated carbocycles. The second-order valence-electron chi connectivity index (χ2n) is 3.61. The number of hydrogen-bond donors (Lipinski definition) is 1. The molecule has 0 atom stereocenters. The minimum absolute atomic E-state index is 0.00203. The molecule has 5 nitrogen and oxygen atoms in total. The first-order valence-corrected chi connectivity index (χ1v) is 5.25. The SMILES string of the molecule is COC(=O)c1c(Oc2ccco2)ccc(O)c1C. The van der Waals surface area contributed by atoms with Crippen LogP contribution in [0.25, 0.3) is 0 Å². The predicted octanol–water partition coefficient (Wildman–Crippen LogP) is 2.87. The predicted molar refractivity (Wildman–Crippen MR) is 63.0 cm³/mol. The molecule has 1 aromatic heterocycles. The Kier molecular flexibility index (Phi) is 3.23. The first kappa shape index (κ1) is 12.0. The molecular weight excluding hydrogens is 236 g/mol. The number of hydrogen-bond acceptors (Lipinski definition) is 5. The van der Waals surface area contributed by atoms with E-state index in [1.54, 1.807) is 19.1 Å². The number of aromatic hydroxyl groups is 1. The molecule has 0 bridgehead atoms. The van der Waals surface area contributed by atoms with Gasteiger partial charge in [-0.25, -0.2) is 4.79 Å². The Labute approximate surface area is 104 Å². The van der Waals surface area contributed by atoms with Gasteiger partial charge >= 0.3 is 5.97 Å². The van der Waals surface area contributed by atoms with Crippen LogP contribution in [-0.4, -0.2) is 18.2 Å². The largest absolute Gasteiger partial charge is 0.508 e. The number of methoxy groups -OCH3 is 1. The Hall–Kier alpha value is -2.43. The van der Waals surface area contributed by atoms with E-state index in [4.69, 9.17) is 9.15 Å². The first-order valence-electron chi connectivity index (χ1n) is 5.25. The molecule has 0 spiro atoms. The lowest BCUT2D eigenvalue weighted by Crippen LogP contribution is -2.06. The zero-order chi connectivity index (χ0) is 13.1. The number of phenols is 1. The highest BCUT2D eigenvalue weighted by Crippen LogP contribution is 2.32. The zero-order valence-electron chi connectivity index (χ0n) is 9.97. The van der Waals surface area contributed by atoms with Gasteiger partial charge in [0.25, 0.3) is 5.95 Å². The third kappa shape index (κ3) is 2.15. The van der Waals surface area contributed by atoms with Crippen LogP contribution in [0.15, 0.2) is 34.9 Å². The Balaban J connectivity index is 2.46. The topological polar surface area (TPSA) is 68.9 Å². The van der Waals surface area contributed by atoms with E-state index < -0.39 is 5.97 Å². The van der Waals surface area contributed by atoms with Gasteiger partial charge in [-0.05, 0) is 25.1 Å². The molecule has 0 aliphatic rings. The van der Waals surface area contributed by atoms with Crippen LogP contribution in [0.3, 0.4) is 0 Å². The van der Waals surface area contributed by atoms with Crippen LogP contribution >= 0.6 is 0 Å². The van der Waals surface area contributed by atoms with Crippen molar-refractivity contribution in [2.24, 2.45) is 0 Å². The summed E-state index contributed by atoms with van der Waals surface area (Å²) in [6, 6.07) is 6.21. The van der Waals surface area contributed by atoms with Crippen molar-refractivity contribution in [1.29, 1.82) is 0 Å². The van der Waals surface area contributed by atoms with Crippen molar-refractivity contribution in [3.63, 3.8) is 0 Å². The van der Waals surface area contributed by atoms with Gasteiger partial charge in [-0.2, -0.15) is 0 Å². The van der Waals surface area contributed by atoms with E-state index in [1.165, 1.54) is 25.5 Å². The monoisotopic (exact) mass is 248 g/mol. The van der Waals surface area contributed by atoms with Crippen LogP contribution in [0.5, 0.6) is 17.4 Å². The van der Waals surface area contributed by atoms with Crippen molar-refractivity contribution in [2.75, 3.05) is 7.11 Å². The van der Waals surface area contributed by atoms with Crippen molar-refractivity contribution in [2.45, 2.75) is 6.92 Å². The van der Waals surface area contributed by atoms with Crippen molar-refractivity contribution < 1.29 is 23.8 Å². The summed E-state index contributed by atoms with van der Waals surface area (Å²) in [6.07, 6.45) is 1.46. The van der Waals surface area contributed by atoms with Crippen LogP contribution in [0.4, 0.5) is 0 Å². The third-order valence-corrected chi connectivity index (χ3v) is 2.49. The van der Waals surface area contributed by atoms with Gasteiger partial charge in [-0.3, -0.25) is 0 Å². The number of carbonyl (C=O) groups is 1. The molecule has 0 amide bonds. The number of carbonyl (C=O) groups excluding carboxylic acids is 1. The van der Waals surface area contributed by atoms with Crippen molar-refractivity contribution in [1.82, 2.24) is 0 Å². The van der Waals surface area contributed by atoms with E-state index in [-0.39, 0.29) is 23.0 Å². The molecule has 5 heteroatoms. The van der Waals surface area contributed by atoms with E-state index in [9.17, 15) is 9.90 Å². The van der Waals surface area contributed by atoms with Gasteiger partial charge < -0.3 is 19.0 Å². The number of phenolic OH excluding ortho intramolecular Hbond substituents is 1. The maximum Gasteiger partial charge on any atom is 0.342 e. The molecule has 0 aliphatic heterocycles. The molecular formula is C13H12O5. The van der Waals surface area contributed by atoms with Gasteiger partial charge in [0.1, 0.15) is 17.1 Å². The summed E-state index contributed by atoms with van der Waals surface area (Å²) in [4.78, 5) is 11.7. The van der Waals surface area contributed by atoms with Crippen LogP contribution < -0.4 is 4.74 Å². The molecule has 0 unspecified atom stereocenters. The molecule has 18 heavy (non-hydrogen) atoms. The van der Waals surface area contributed by atoms with Crippen LogP contribution in [-0.2, 0) is 4.74 Å². The second kappa shape index (κ2) is 4.83. The lowest BCUT2D eigenvalue weighted by atomic mass is 10.1.